The van der Waals surface area contributed by atoms with Crippen molar-refractivity contribution < 1.29 is 18.7 Å². The Morgan fingerprint density at radius 1 is 1.08 bits per heavy atom. The van der Waals surface area contributed by atoms with Gasteiger partial charge in [0.1, 0.15) is 17.9 Å². The summed E-state index contributed by atoms with van der Waals surface area (Å²) in [7, 11) is 0. The number of halogens is 1. The van der Waals surface area contributed by atoms with Gasteiger partial charge in [0.15, 0.2) is 0 Å². The van der Waals surface area contributed by atoms with E-state index in [2.05, 4.69) is 17.1 Å². The molecule has 1 aromatic heterocycles. The predicted octanol–water partition coefficient (Wildman–Crippen LogP) is 7.22. The van der Waals surface area contributed by atoms with Crippen LogP contribution in [-0.4, -0.2) is 17.4 Å². The molecular weight excluding hydrogens is 516 g/mol. The zero-order chi connectivity index (χ0) is 28.4. The molecule has 0 aliphatic heterocycles. The maximum atomic E-state index is 12.9. The van der Waals surface area contributed by atoms with Crippen molar-refractivity contribution in [3.05, 3.63) is 124 Å². The molecule has 0 aliphatic carbocycles. The lowest BCUT2D eigenvalue weighted by Crippen LogP contribution is -2.52. The SMILES string of the molecule is C=C/C(CC(C)(NC(=O)Cc1ccc(OCc2ccoc2)cc1)C(=O)N=O)=C(C)\C=C(/C)c1ccc(Cl)cc1. The second-order valence-corrected chi connectivity index (χ2v) is 9.88. The fourth-order valence-corrected chi connectivity index (χ4v) is 4.15. The standard InChI is InChI=1S/C31H31ClN2O5/c1-5-25(21(2)16-22(3)26-8-10-27(32)11-9-26)18-31(4,30(36)34-37)33-29(35)17-23-6-12-28(13-7-23)39-20-24-14-15-38-19-24/h5-16,19H,1,17-18,20H2,2-4H3,(H,33,35)/b22-16+,25-21+. The third kappa shape index (κ3) is 8.38. The average Bonchev–Trinajstić information content (AvgIpc) is 3.45. The molecule has 0 spiro atoms. The maximum absolute atomic E-state index is 12.9. The number of hydrogen-bond donors (Lipinski definition) is 1. The van der Waals surface area contributed by atoms with Crippen LogP contribution in [0.25, 0.3) is 5.57 Å². The molecule has 0 bridgehead atoms. The maximum Gasteiger partial charge on any atom is 0.311 e. The van der Waals surface area contributed by atoms with Crippen molar-refractivity contribution in [3.8, 4) is 5.75 Å². The van der Waals surface area contributed by atoms with Gasteiger partial charge >= 0.3 is 5.91 Å². The molecule has 2 amide bonds. The topological polar surface area (TPSA) is 98.0 Å². The molecule has 2 aromatic carbocycles. The molecular formula is C31H31ClN2O5. The van der Waals surface area contributed by atoms with E-state index in [0.717, 1.165) is 22.3 Å². The van der Waals surface area contributed by atoms with Gasteiger partial charge in [0.25, 0.3) is 0 Å². The molecule has 1 unspecified atom stereocenters. The summed E-state index contributed by atoms with van der Waals surface area (Å²) in [5.41, 5.74) is 3.58. The van der Waals surface area contributed by atoms with Gasteiger partial charge in [-0.1, -0.05) is 54.6 Å². The number of furan rings is 1. The fraction of sp³-hybridized carbons (Fsp3) is 0.226. The number of carbonyl (C=O) groups is 2. The smallest absolute Gasteiger partial charge is 0.311 e. The number of nitrogens with one attached hydrogen (secondary N) is 1. The molecule has 202 valence electrons. The summed E-state index contributed by atoms with van der Waals surface area (Å²) in [4.78, 5) is 36.8. The van der Waals surface area contributed by atoms with Crippen molar-refractivity contribution >= 4 is 29.0 Å². The molecule has 39 heavy (non-hydrogen) atoms. The number of ether oxygens (including phenoxy) is 1. The van der Waals surface area contributed by atoms with E-state index in [-0.39, 0.29) is 12.8 Å². The van der Waals surface area contributed by atoms with E-state index in [9.17, 15) is 14.5 Å². The molecule has 7 nitrogen and oxygen atoms in total. The molecule has 3 rings (SSSR count). The van der Waals surface area contributed by atoms with Gasteiger partial charge in [-0.25, -0.2) is 0 Å². The number of hydrogen-bond acceptors (Lipinski definition) is 5. The number of nitroso groups, excluding NO2 is 1. The third-order valence-corrected chi connectivity index (χ3v) is 6.53. The molecule has 0 saturated heterocycles. The second-order valence-electron chi connectivity index (χ2n) is 9.44. The number of nitrogens with zero attached hydrogens (tertiary/aromatic N) is 1. The van der Waals surface area contributed by atoms with E-state index >= 15 is 0 Å². The van der Waals surface area contributed by atoms with Crippen LogP contribution in [0.3, 0.4) is 0 Å². The number of carbonyl (C=O) groups excluding carboxylic acids is 2. The van der Waals surface area contributed by atoms with Crippen LogP contribution in [-0.2, 0) is 22.6 Å². The van der Waals surface area contributed by atoms with Gasteiger partial charge in [-0.15, -0.1) is 4.91 Å². The highest BCUT2D eigenvalue weighted by atomic mass is 35.5. The highest BCUT2D eigenvalue weighted by Gasteiger charge is 2.36. The van der Waals surface area contributed by atoms with E-state index < -0.39 is 17.4 Å². The normalized spacial score (nSPS) is 13.6. The first-order chi connectivity index (χ1) is 18.6. The summed E-state index contributed by atoms with van der Waals surface area (Å²) in [5, 5.41) is 5.99. The van der Waals surface area contributed by atoms with Crippen molar-refractivity contribution in [3.63, 3.8) is 0 Å². The van der Waals surface area contributed by atoms with Crippen LogP contribution in [0.1, 0.15) is 43.9 Å². The fourth-order valence-electron chi connectivity index (χ4n) is 4.02. The van der Waals surface area contributed by atoms with Crippen LogP contribution in [0.4, 0.5) is 0 Å². The second kappa shape index (κ2) is 13.5. The molecule has 1 heterocycles. The van der Waals surface area contributed by atoms with Gasteiger partial charge in [0.2, 0.25) is 5.91 Å². The molecule has 0 fully saturated rings. The summed E-state index contributed by atoms with van der Waals surface area (Å²) >= 11 is 5.99. The minimum atomic E-state index is -1.54. The predicted molar refractivity (Wildman–Crippen MR) is 153 cm³/mol. The summed E-state index contributed by atoms with van der Waals surface area (Å²) in [5.74, 6) is -0.747. The quantitative estimate of drug-likeness (QED) is 0.191. The van der Waals surface area contributed by atoms with Gasteiger partial charge in [-0.2, -0.15) is 0 Å². The number of allylic oxidation sites excluding steroid dienone is 4. The number of benzene rings is 2. The van der Waals surface area contributed by atoms with E-state index in [1.807, 2.05) is 50.3 Å². The third-order valence-electron chi connectivity index (χ3n) is 6.27. The Labute approximate surface area is 233 Å². The van der Waals surface area contributed by atoms with Gasteiger partial charge in [-0.05, 0) is 78.9 Å². The van der Waals surface area contributed by atoms with Gasteiger partial charge in [0.05, 0.1) is 18.9 Å². The lowest BCUT2D eigenvalue weighted by atomic mass is 9.88. The van der Waals surface area contributed by atoms with Crippen molar-refractivity contribution in [2.75, 3.05) is 0 Å². The zero-order valence-electron chi connectivity index (χ0n) is 22.2. The Bertz CT molecular complexity index is 1370. The lowest BCUT2D eigenvalue weighted by molar-refractivity contribution is -0.130. The highest BCUT2D eigenvalue weighted by Crippen LogP contribution is 2.26. The van der Waals surface area contributed by atoms with E-state index in [1.54, 1.807) is 42.9 Å². The lowest BCUT2D eigenvalue weighted by Gasteiger charge is -2.27. The van der Waals surface area contributed by atoms with Crippen molar-refractivity contribution in [2.45, 2.75) is 45.8 Å². The Hall–Kier alpha value is -4.23. The van der Waals surface area contributed by atoms with E-state index in [0.29, 0.717) is 28.5 Å². The van der Waals surface area contributed by atoms with Gasteiger partial charge < -0.3 is 14.5 Å². The summed E-state index contributed by atoms with van der Waals surface area (Å²) < 4.78 is 10.7. The zero-order valence-corrected chi connectivity index (χ0v) is 23.0. The largest absolute Gasteiger partial charge is 0.489 e. The summed E-state index contributed by atoms with van der Waals surface area (Å²) in [6.07, 6.45) is 6.81. The number of amides is 2. The summed E-state index contributed by atoms with van der Waals surface area (Å²) in [6.45, 7) is 9.57. The monoisotopic (exact) mass is 546 g/mol. The average molecular weight is 547 g/mol. The van der Waals surface area contributed by atoms with E-state index in [4.69, 9.17) is 20.8 Å². The Morgan fingerprint density at radius 3 is 2.36 bits per heavy atom. The Balaban J connectivity index is 1.71. The highest BCUT2D eigenvalue weighted by molar-refractivity contribution is 6.30. The van der Waals surface area contributed by atoms with Crippen LogP contribution in [0, 0.1) is 4.91 Å². The number of rotatable bonds is 12. The van der Waals surface area contributed by atoms with Crippen LogP contribution < -0.4 is 10.1 Å². The van der Waals surface area contributed by atoms with Crippen molar-refractivity contribution in [2.24, 2.45) is 5.18 Å². The first-order valence-corrected chi connectivity index (χ1v) is 12.7. The molecule has 0 aliphatic rings. The molecule has 0 radical (unpaired) electrons. The van der Waals surface area contributed by atoms with Gasteiger partial charge in [-0.3, -0.25) is 9.59 Å². The first kappa shape index (κ1) is 29.3. The van der Waals surface area contributed by atoms with E-state index in [1.165, 1.54) is 6.92 Å². The van der Waals surface area contributed by atoms with Crippen molar-refractivity contribution in [1.29, 1.82) is 0 Å². The Morgan fingerprint density at radius 2 is 1.77 bits per heavy atom. The molecule has 8 heteroatoms. The van der Waals surface area contributed by atoms with Crippen LogP contribution in [0.5, 0.6) is 5.75 Å². The van der Waals surface area contributed by atoms with Crippen LogP contribution in [0.2, 0.25) is 5.02 Å². The first-order valence-electron chi connectivity index (χ1n) is 12.3. The molecule has 1 N–H and O–H groups in total. The van der Waals surface area contributed by atoms with Crippen molar-refractivity contribution in [1.82, 2.24) is 5.32 Å². The van der Waals surface area contributed by atoms with Gasteiger partial charge in [0, 0.05) is 22.2 Å². The minimum Gasteiger partial charge on any atom is -0.489 e. The molecule has 1 atom stereocenters. The Kier molecular flexibility index (Phi) is 10.2. The van der Waals surface area contributed by atoms with Crippen LogP contribution in [0.15, 0.2) is 107 Å². The summed E-state index contributed by atoms with van der Waals surface area (Å²) in [6, 6.07) is 16.3. The minimum absolute atomic E-state index is 0.00539. The molecule has 3 aromatic rings. The molecule has 0 saturated carbocycles. The van der Waals surface area contributed by atoms with Crippen LogP contribution >= 0.6 is 11.6 Å².